The standard InChI is InChI=1S/C57H34N4/c1-3-14-35(15-4-1)36-26-28-38(29-27-36)56-58-55(37-16-5-2-6-17-37)59-57(60-56)51-34-50-43-21-10-8-19-41(43)40-18-7-9-20-42(40)49(50)33-48(51)39-30-31-45-47-24-13-23-46-44-22-11-12-25-52(44)61(54(46)47)53(45)32-39/h1-34H. The zero-order chi connectivity index (χ0) is 40.0. The average molecular weight is 775 g/mol. The molecule has 0 amide bonds. The number of hydrogen-bond donors (Lipinski definition) is 0. The second-order valence-electron chi connectivity index (χ2n) is 15.9. The van der Waals surface area contributed by atoms with Crippen LogP contribution in [0.1, 0.15) is 0 Å². The number of aromatic nitrogens is 4. The van der Waals surface area contributed by atoms with Gasteiger partial charge < -0.3 is 4.40 Å². The van der Waals surface area contributed by atoms with Gasteiger partial charge in [-0.2, -0.15) is 0 Å². The van der Waals surface area contributed by atoms with Crippen LogP contribution in [0.3, 0.4) is 0 Å². The zero-order valence-electron chi connectivity index (χ0n) is 32.9. The molecule has 0 saturated heterocycles. The molecule has 0 aliphatic carbocycles. The minimum Gasteiger partial charge on any atom is -0.308 e. The Morgan fingerprint density at radius 3 is 1.31 bits per heavy atom. The van der Waals surface area contributed by atoms with Crippen molar-refractivity contribution in [3.05, 3.63) is 206 Å². The van der Waals surface area contributed by atoms with Gasteiger partial charge >= 0.3 is 0 Å². The van der Waals surface area contributed by atoms with E-state index in [1.807, 2.05) is 24.3 Å². The summed E-state index contributed by atoms with van der Waals surface area (Å²) in [5, 5.41) is 12.3. The van der Waals surface area contributed by atoms with Gasteiger partial charge in [0.25, 0.3) is 0 Å². The maximum Gasteiger partial charge on any atom is 0.164 e. The number of hydrogen-bond acceptors (Lipinski definition) is 3. The molecule has 0 N–H and O–H groups in total. The molecule has 13 aromatic rings. The van der Waals surface area contributed by atoms with Crippen molar-refractivity contribution < 1.29 is 0 Å². The highest BCUT2D eigenvalue weighted by Crippen LogP contribution is 2.44. The van der Waals surface area contributed by atoms with Crippen LogP contribution < -0.4 is 0 Å². The molecule has 0 aliphatic heterocycles. The maximum atomic E-state index is 5.38. The van der Waals surface area contributed by atoms with Crippen LogP contribution >= 0.6 is 0 Å². The summed E-state index contributed by atoms with van der Waals surface area (Å²) in [6, 6.07) is 73.9. The average Bonchev–Trinajstić information content (AvgIpc) is 3.86. The van der Waals surface area contributed by atoms with Gasteiger partial charge in [-0.3, -0.25) is 0 Å². The smallest absolute Gasteiger partial charge is 0.164 e. The Hall–Kier alpha value is -8.21. The minimum absolute atomic E-state index is 0.628. The Morgan fingerprint density at radius 2 is 0.672 bits per heavy atom. The highest BCUT2D eigenvalue weighted by atomic mass is 15.0. The van der Waals surface area contributed by atoms with E-state index in [1.54, 1.807) is 0 Å². The lowest BCUT2D eigenvalue weighted by molar-refractivity contribution is 1.07. The van der Waals surface area contributed by atoms with Gasteiger partial charge in [-0.15, -0.1) is 0 Å². The van der Waals surface area contributed by atoms with E-state index in [9.17, 15) is 0 Å². The molecule has 4 nitrogen and oxygen atoms in total. The fraction of sp³-hybridized carbons (Fsp3) is 0. The maximum absolute atomic E-state index is 5.38. The van der Waals surface area contributed by atoms with Crippen molar-refractivity contribution in [3.8, 4) is 56.4 Å². The summed E-state index contributed by atoms with van der Waals surface area (Å²) in [6.07, 6.45) is 0. The third-order valence-electron chi connectivity index (χ3n) is 12.6. The Kier molecular flexibility index (Phi) is 7.27. The molecule has 0 saturated carbocycles. The van der Waals surface area contributed by atoms with E-state index in [1.165, 1.54) is 70.6 Å². The van der Waals surface area contributed by atoms with E-state index < -0.39 is 0 Å². The quantitative estimate of drug-likeness (QED) is 0.164. The lowest BCUT2D eigenvalue weighted by Gasteiger charge is -2.17. The van der Waals surface area contributed by atoms with E-state index in [0.29, 0.717) is 17.5 Å². The summed E-state index contributed by atoms with van der Waals surface area (Å²) < 4.78 is 2.45. The SMILES string of the molecule is c1ccc(-c2ccc(-c3nc(-c4ccccc4)nc(-c4cc5c6ccccc6c6ccccc6c5cc4-c4ccc5c6cccc7c8ccccc8n(c5c4)c76)n3)cc2)cc1. The van der Waals surface area contributed by atoms with Crippen LogP contribution in [0.25, 0.3) is 127 Å². The number of para-hydroxylation sites is 2. The molecule has 0 fully saturated rings. The molecular formula is C57H34N4. The van der Waals surface area contributed by atoms with E-state index >= 15 is 0 Å². The van der Waals surface area contributed by atoms with Crippen molar-refractivity contribution in [1.29, 1.82) is 0 Å². The van der Waals surface area contributed by atoms with Crippen LogP contribution in [0.15, 0.2) is 206 Å². The predicted molar refractivity (Wildman–Crippen MR) is 254 cm³/mol. The fourth-order valence-corrected chi connectivity index (χ4v) is 9.76. The van der Waals surface area contributed by atoms with Crippen LogP contribution in [0, 0.1) is 0 Å². The van der Waals surface area contributed by atoms with Crippen molar-refractivity contribution in [1.82, 2.24) is 19.4 Å². The molecule has 282 valence electrons. The Balaban J connectivity index is 1.12. The second kappa shape index (κ2) is 13.2. The first-order valence-electron chi connectivity index (χ1n) is 20.8. The largest absolute Gasteiger partial charge is 0.308 e. The first-order chi connectivity index (χ1) is 30.2. The molecule has 0 spiro atoms. The van der Waals surface area contributed by atoms with Gasteiger partial charge in [0, 0.05) is 38.2 Å². The topological polar surface area (TPSA) is 43.1 Å². The first kappa shape index (κ1) is 33.7. The van der Waals surface area contributed by atoms with Gasteiger partial charge in [-0.25, -0.2) is 15.0 Å². The lowest BCUT2D eigenvalue weighted by atomic mass is 9.89. The Bertz CT molecular complexity index is 3850. The van der Waals surface area contributed by atoms with Crippen molar-refractivity contribution in [2.45, 2.75) is 0 Å². The van der Waals surface area contributed by atoms with E-state index in [-0.39, 0.29) is 0 Å². The molecule has 0 unspecified atom stereocenters. The molecule has 13 rings (SSSR count). The van der Waals surface area contributed by atoms with Crippen LogP contribution in [0.4, 0.5) is 0 Å². The van der Waals surface area contributed by atoms with Gasteiger partial charge in [0.15, 0.2) is 17.5 Å². The summed E-state index contributed by atoms with van der Waals surface area (Å²) in [6.45, 7) is 0. The van der Waals surface area contributed by atoms with Gasteiger partial charge in [0.2, 0.25) is 0 Å². The summed E-state index contributed by atoms with van der Waals surface area (Å²) in [5.74, 6) is 1.89. The first-order valence-corrected chi connectivity index (χ1v) is 20.8. The normalized spacial score (nSPS) is 11.9. The third kappa shape index (κ3) is 5.16. The molecule has 4 heteroatoms. The lowest BCUT2D eigenvalue weighted by Crippen LogP contribution is -2.01. The van der Waals surface area contributed by atoms with Gasteiger partial charge in [-0.05, 0) is 78.8 Å². The van der Waals surface area contributed by atoms with E-state index in [4.69, 9.17) is 15.0 Å². The molecule has 0 bridgehead atoms. The zero-order valence-corrected chi connectivity index (χ0v) is 32.9. The molecule has 3 heterocycles. The molecule has 61 heavy (non-hydrogen) atoms. The predicted octanol–water partition coefficient (Wildman–Crippen LogP) is 14.8. The summed E-state index contributed by atoms with van der Waals surface area (Å²) >= 11 is 0. The van der Waals surface area contributed by atoms with Crippen molar-refractivity contribution >= 4 is 70.4 Å². The Labute approximate surface area is 351 Å². The van der Waals surface area contributed by atoms with Crippen molar-refractivity contribution in [2.24, 2.45) is 0 Å². The Morgan fingerprint density at radius 1 is 0.246 bits per heavy atom. The van der Waals surface area contributed by atoms with Crippen molar-refractivity contribution in [2.75, 3.05) is 0 Å². The number of nitrogens with zero attached hydrogens (tertiary/aromatic N) is 4. The van der Waals surface area contributed by atoms with E-state index in [0.717, 1.165) is 38.8 Å². The van der Waals surface area contributed by atoms with Crippen LogP contribution in [0.2, 0.25) is 0 Å². The fourth-order valence-electron chi connectivity index (χ4n) is 9.76. The van der Waals surface area contributed by atoms with Gasteiger partial charge in [-0.1, -0.05) is 182 Å². The van der Waals surface area contributed by atoms with Gasteiger partial charge in [0.05, 0.1) is 16.6 Å². The summed E-state index contributed by atoms with van der Waals surface area (Å²) in [4.78, 5) is 15.9. The number of fused-ring (bicyclic) bond motifs is 12. The monoisotopic (exact) mass is 774 g/mol. The highest BCUT2D eigenvalue weighted by Gasteiger charge is 2.22. The summed E-state index contributed by atoms with van der Waals surface area (Å²) in [7, 11) is 0. The third-order valence-corrected chi connectivity index (χ3v) is 12.6. The molecular weight excluding hydrogens is 741 g/mol. The molecule has 0 radical (unpaired) electrons. The van der Waals surface area contributed by atoms with Crippen molar-refractivity contribution in [3.63, 3.8) is 0 Å². The number of benzene rings is 10. The second-order valence-corrected chi connectivity index (χ2v) is 15.9. The number of rotatable bonds is 5. The molecule has 0 atom stereocenters. The molecule has 3 aromatic heterocycles. The minimum atomic E-state index is 0.628. The van der Waals surface area contributed by atoms with Crippen LogP contribution in [0.5, 0.6) is 0 Å². The molecule has 10 aromatic carbocycles. The molecule has 0 aliphatic rings. The van der Waals surface area contributed by atoms with Crippen LogP contribution in [-0.4, -0.2) is 19.4 Å². The van der Waals surface area contributed by atoms with Gasteiger partial charge in [0.1, 0.15) is 0 Å². The van der Waals surface area contributed by atoms with E-state index in [2.05, 4.69) is 186 Å². The summed E-state index contributed by atoms with van der Waals surface area (Å²) in [5.41, 5.74) is 10.9. The highest BCUT2D eigenvalue weighted by molar-refractivity contribution is 6.27. The van der Waals surface area contributed by atoms with Crippen LogP contribution in [-0.2, 0) is 0 Å².